The van der Waals surface area contributed by atoms with Crippen LogP contribution < -0.4 is 0 Å². The number of aryl methyl sites for hydroxylation is 1. The first-order valence-electron chi connectivity index (χ1n) is 7.83. The Morgan fingerprint density at radius 1 is 1.26 bits per heavy atom. The number of pyridine rings is 1. The molecule has 118 valence electrons. The number of hydrogen-bond acceptors (Lipinski definition) is 6. The minimum atomic E-state index is 0.267. The smallest absolute Gasteiger partial charge is 0.154 e. The number of likely N-dealkylation sites (tertiary alicyclic amines) is 1. The quantitative estimate of drug-likeness (QED) is 0.736. The lowest BCUT2D eigenvalue weighted by atomic mass is 10.1. The monoisotopic (exact) mass is 310 g/mol. The summed E-state index contributed by atoms with van der Waals surface area (Å²) in [5, 5.41) is 8.16. The van der Waals surface area contributed by atoms with E-state index in [2.05, 4.69) is 20.2 Å². The molecule has 3 aromatic rings. The van der Waals surface area contributed by atoms with Crippen LogP contribution in [0.2, 0.25) is 0 Å². The molecule has 1 saturated heterocycles. The van der Waals surface area contributed by atoms with Crippen LogP contribution in [0.4, 0.5) is 0 Å². The molecule has 6 nitrogen and oxygen atoms in total. The van der Waals surface area contributed by atoms with Crippen molar-refractivity contribution in [2.75, 3.05) is 6.54 Å². The van der Waals surface area contributed by atoms with Crippen LogP contribution in [0.3, 0.4) is 0 Å². The van der Waals surface area contributed by atoms with Crippen molar-refractivity contribution in [1.82, 2.24) is 20.2 Å². The van der Waals surface area contributed by atoms with Crippen LogP contribution in [-0.4, -0.2) is 26.7 Å². The summed E-state index contributed by atoms with van der Waals surface area (Å²) in [7, 11) is 0. The molecule has 0 bridgehead atoms. The molecule has 0 radical (unpaired) electrons. The van der Waals surface area contributed by atoms with Gasteiger partial charge >= 0.3 is 0 Å². The van der Waals surface area contributed by atoms with Gasteiger partial charge in [0.25, 0.3) is 0 Å². The zero-order chi connectivity index (χ0) is 15.6. The molecule has 1 atom stereocenters. The molecule has 4 heterocycles. The lowest BCUT2D eigenvalue weighted by Gasteiger charge is -2.20. The maximum absolute atomic E-state index is 5.50. The van der Waals surface area contributed by atoms with E-state index in [-0.39, 0.29) is 6.04 Å². The first kappa shape index (κ1) is 14.1. The molecule has 0 amide bonds. The fraction of sp³-hybridized carbons (Fsp3) is 0.353. The molecule has 1 aliphatic heterocycles. The van der Waals surface area contributed by atoms with Gasteiger partial charge in [-0.1, -0.05) is 10.3 Å². The first-order chi connectivity index (χ1) is 11.3. The van der Waals surface area contributed by atoms with E-state index in [1.165, 1.54) is 0 Å². The zero-order valence-corrected chi connectivity index (χ0v) is 13.0. The van der Waals surface area contributed by atoms with Gasteiger partial charge in [-0.15, -0.1) is 0 Å². The standard InChI is InChI=1S/C17H18N4O2/c1-12-8-17(23-19-12)16-5-3-7-21(16)11-14-9-15(20-22-14)13-4-2-6-18-10-13/h2,4,6,8-10,16H,3,5,7,11H2,1H3/t16-/m1/s1. The van der Waals surface area contributed by atoms with Crippen LogP contribution in [0.1, 0.15) is 36.1 Å². The molecular weight excluding hydrogens is 292 g/mol. The second-order valence-electron chi connectivity index (χ2n) is 5.92. The Bertz CT molecular complexity index is 781. The molecule has 3 aromatic heterocycles. The Labute approximate surface area is 134 Å². The maximum atomic E-state index is 5.50. The minimum Gasteiger partial charge on any atom is -0.359 e. The van der Waals surface area contributed by atoms with Gasteiger partial charge in [0.2, 0.25) is 0 Å². The lowest BCUT2D eigenvalue weighted by Crippen LogP contribution is -2.22. The molecule has 4 rings (SSSR count). The second kappa shape index (κ2) is 5.96. The highest BCUT2D eigenvalue weighted by Crippen LogP contribution is 2.33. The third-order valence-electron chi connectivity index (χ3n) is 4.21. The van der Waals surface area contributed by atoms with E-state index < -0.39 is 0 Å². The van der Waals surface area contributed by atoms with Crippen molar-refractivity contribution in [2.45, 2.75) is 32.4 Å². The van der Waals surface area contributed by atoms with Crippen LogP contribution >= 0.6 is 0 Å². The van der Waals surface area contributed by atoms with E-state index in [0.717, 1.165) is 54.4 Å². The Morgan fingerprint density at radius 2 is 2.22 bits per heavy atom. The van der Waals surface area contributed by atoms with Gasteiger partial charge in [0.15, 0.2) is 11.5 Å². The maximum Gasteiger partial charge on any atom is 0.154 e. The zero-order valence-electron chi connectivity index (χ0n) is 13.0. The average molecular weight is 310 g/mol. The molecule has 1 fully saturated rings. The number of rotatable bonds is 4. The molecule has 23 heavy (non-hydrogen) atoms. The molecule has 0 unspecified atom stereocenters. The van der Waals surface area contributed by atoms with Gasteiger partial charge in [-0.3, -0.25) is 9.88 Å². The van der Waals surface area contributed by atoms with Gasteiger partial charge in [-0.2, -0.15) is 0 Å². The van der Waals surface area contributed by atoms with Gasteiger partial charge in [0, 0.05) is 30.1 Å². The highest BCUT2D eigenvalue weighted by atomic mass is 16.5. The van der Waals surface area contributed by atoms with Gasteiger partial charge in [0.1, 0.15) is 5.69 Å². The molecular formula is C17H18N4O2. The number of aromatic nitrogens is 3. The summed E-state index contributed by atoms with van der Waals surface area (Å²) in [5.41, 5.74) is 2.70. The van der Waals surface area contributed by atoms with Crippen molar-refractivity contribution in [3.63, 3.8) is 0 Å². The van der Waals surface area contributed by atoms with Crippen molar-refractivity contribution in [2.24, 2.45) is 0 Å². The number of nitrogens with zero attached hydrogens (tertiary/aromatic N) is 4. The Morgan fingerprint density at radius 3 is 3.00 bits per heavy atom. The summed E-state index contributed by atoms with van der Waals surface area (Å²) in [6.45, 7) is 3.69. The predicted molar refractivity (Wildman–Crippen MR) is 83.4 cm³/mol. The summed E-state index contributed by atoms with van der Waals surface area (Å²) < 4.78 is 10.9. The third-order valence-corrected chi connectivity index (χ3v) is 4.21. The highest BCUT2D eigenvalue weighted by Gasteiger charge is 2.30. The molecule has 0 N–H and O–H groups in total. The van der Waals surface area contributed by atoms with E-state index in [4.69, 9.17) is 9.05 Å². The van der Waals surface area contributed by atoms with Crippen LogP contribution in [0.15, 0.2) is 45.7 Å². The summed E-state index contributed by atoms with van der Waals surface area (Å²) in [5.74, 6) is 1.79. The van der Waals surface area contributed by atoms with Crippen LogP contribution in [-0.2, 0) is 6.54 Å². The molecule has 0 saturated carbocycles. The third kappa shape index (κ3) is 2.90. The Kier molecular flexibility index (Phi) is 3.67. The van der Waals surface area contributed by atoms with Crippen molar-refractivity contribution in [3.05, 3.63) is 53.9 Å². The first-order valence-corrected chi connectivity index (χ1v) is 7.83. The predicted octanol–water partition coefficient (Wildman–Crippen LogP) is 3.37. The normalized spacial score (nSPS) is 18.6. The van der Waals surface area contributed by atoms with Crippen molar-refractivity contribution >= 4 is 0 Å². The van der Waals surface area contributed by atoms with E-state index in [1.807, 2.05) is 31.2 Å². The molecule has 1 aliphatic rings. The highest BCUT2D eigenvalue weighted by molar-refractivity contribution is 5.57. The fourth-order valence-electron chi connectivity index (χ4n) is 3.12. The molecule has 0 aliphatic carbocycles. The minimum absolute atomic E-state index is 0.267. The van der Waals surface area contributed by atoms with Crippen molar-refractivity contribution < 1.29 is 9.05 Å². The second-order valence-corrected chi connectivity index (χ2v) is 5.92. The summed E-state index contributed by atoms with van der Waals surface area (Å²) in [4.78, 5) is 6.47. The van der Waals surface area contributed by atoms with Crippen molar-refractivity contribution in [1.29, 1.82) is 0 Å². The van der Waals surface area contributed by atoms with Crippen molar-refractivity contribution in [3.8, 4) is 11.3 Å². The Balaban J connectivity index is 1.50. The van der Waals surface area contributed by atoms with Crippen LogP contribution in [0.25, 0.3) is 11.3 Å². The van der Waals surface area contributed by atoms with Gasteiger partial charge in [-0.05, 0) is 38.4 Å². The fourth-order valence-corrected chi connectivity index (χ4v) is 3.12. The van der Waals surface area contributed by atoms with Gasteiger partial charge in [-0.25, -0.2) is 0 Å². The SMILES string of the molecule is Cc1cc([C@H]2CCCN2Cc2cc(-c3cccnc3)no2)on1. The lowest BCUT2D eigenvalue weighted by molar-refractivity contribution is 0.187. The Hall–Kier alpha value is -2.47. The summed E-state index contributed by atoms with van der Waals surface area (Å²) >= 11 is 0. The average Bonchev–Trinajstić information content (AvgIpc) is 3.29. The van der Waals surface area contributed by atoms with E-state index in [1.54, 1.807) is 12.4 Å². The molecule has 0 spiro atoms. The molecule has 0 aromatic carbocycles. The topological polar surface area (TPSA) is 68.2 Å². The van der Waals surface area contributed by atoms with Crippen LogP contribution in [0.5, 0.6) is 0 Å². The summed E-state index contributed by atoms with van der Waals surface area (Å²) in [6, 6.07) is 8.14. The van der Waals surface area contributed by atoms with E-state index in [9.17, 15) is 0 Å². The largest absolute Gasteiger partial charge is 0.359 e. The van der Waals surface area contributed by atoms with E-state index >= 15 is 0 Å². The number of hydrogen-bond donors (Lipinski definition) is 0. The van der Waals surface area contributed by atoms with E-state index in [0.29, 0.717) is 0 Å². The van der Waals surface area contributed by atoms with Crippen LogP contribution in [0, 0.1) is 6.92 Å². The van der Waals surface area contributed by atoms with Gasteiger partial charge < -0.3 is 9.05 Å². The molecule has 6 heteroatoms. The summed E-state index contributed by atoms with van der Waals surface area (Å²) in [6.07, 6.45) is 5.77. The van der Waals surface area contributed by atoms with Gasteiger partial charge in [0.05, 0.1) is 18.3 Å².